The molecule has 0 aliphatic carbocycles. The van der Waals surface area contributed by atoms with Crippen molar-refractivity contribution in [3.63, 3.8) is 0 Å². The van der Waals surface area contributed by atoms with E-state index in [4.69, 9.17) is 0 Å². The Bertz CT molecular complexity index is 1060. The Morgan fingerprint density at radius 1 is 1.14 bits per heavy atom. The summed E-state index contributed by atoms with van der Waals surface area (Å²) in [6.07, 6.45) is 0. The highest BCUT2D eigenvalue weighted by Crippen LogP contribution is 2.20. The zero-order valence-electron chi connectivity index (χ0n) is 15.8. The minimum atomic E-state index is -3.67. The van der Waals surface area contributed by atoms with Crippen molar-refractivity contribution in [1.29, 1.82) is 0 Å². The van der Waals surface area contributed by atoms with E-state index in [0.29, 0.717) is 16.8 Å². The van der Waals surface area contributed by atoms with Gasteiger partial charge in [0.15, 0.2) is 0 Å². The van der Waals surface area contributed by atoms with Crippen LogP contribution in [0.1, 0.15) is 28.4 Å². The first kappa shape index (κ1) is 21.2. The summed E-state index contributed by atoms with van der Waals surface area (Å²) in [7, 11) is -0.872. The number of nitro groups is 1. The topological polar surface area (TPSA) is 122 Å². The number of sulfonamides is 1. The molecule has 0 aliphatic rings. The lowest BCUT2D eigenvalue weighted by molar-refractivity contribution is -0.385. The molecule has 1 N–H and O–H groups in total. The number of hydrazone groups is 1. The molecule has 2 rings (SSSR count). The van der Waals surface area contributed by atoms with Crippen molar-refractivity contribution in [3.8, 4) is 0 Å². The van der Waals surface area contributed by atoms with Crippen LogP contribution in [0.2, 0.25) is 0 Å². The van der Waals surface area contributed by atoms with Crippen molar-refractivity contribution in [2.45, 2.75) is 18.7 Å². The van der Waals surface area contributed by atoms with Crippen LogP contribution in [0.4, 0.5) is 5.69 Å². The van der Waals surface area contributed by atoms with Crippen LogP contribution in [-0.4, -0.2) is 43.4 Å². The van der Waals surface area contributed by atoms with Crippen LogP contribution < -0.4 is 5.43 Å². The van der Waals surface area contributed by atoms with Crippen LogP contribution in [-0.2, 0) is 10.0 Å². The predicted octanol–water partition coefficient (Wildman–Crippen LogP) is 2.31. The number of rotatable bonds is 6. The maximum absolute atomic E-state index is 12.3. The quantitative estimate of drug-likeness (QED) is 0.450. The smallest absolute Gasteiger partial charge is 0.267 e. The number of nitrogens with zero attached hydrogens (tertiary/aromatic N) is 3. The molecular weight excluding hydrogens is 384 g/mol. The molecule has 0 saturated heterocycles. The molecule has 0 heterocycles. The van der Waals surface area contributed by atoms with Gasteiger partial charge in [-0.2, -0.15) is 5.10 Å². The first-order chi connectivity index (χ1) is 13.0. The van der Waals surface area contributed by atoms with Crippen LogP contribution in [0.3, 0.4) is 0 Å². The molecule has 1 amide bonds. The van der Waals surface area contributed by atoms with Gasteiger partial charge in [0.1, 0.15) is 0 Å². The van der Waals surface area contributed by atoms with Crippen molar-refractivity contribution < 1.29 is 18.1 Å². The van der Waals surface area contributed by atoms with Gasteiger partial charge in [-0.25, -0.2) is 18.1 Å². The lowest BCUT2D eigenvalue weighted by Crippen LogP contribution is -2.23. The van der Waals surface area contributed by atoms with E-state index in [1.807, 2.05) is 0 Å². The number of nitro benzene ring substituents is 1. The van der Waals surface area contributed by atoms with Crippen molar-refractivity contribution in [2.24, 2.45) is 5.10 Å². The van der Waals surface area contributed by atoms with Crippen molar-refractivity contribution in [3.05, 3.63) is 69.3 Å². The van der Waals surface area contributed by atoms with E-state index < -0.39 is 20.9 Å². The van der Waals surface area contributed by atoms with Gasteiger partial charge in [-0.1, -0.05) is 18.2 Å². The van der Waals surface area contributed by atoms with Gasteiger partial charge in [0.2, 0.25) is 10.0 Å². The fourth-order valence-corrected chi connectivity index (χ4v) is 3.25. The maximum atomic E-state index is 12.3. The molecule has 0 aliphatic heterocycles. The molecule has 0 unspecified atom stereocenters. The van der Waals surface area contributed by atoms with Gasteiger partial charge in [-0.05, 0) is 32.0 Å². The maximum Gasteiger partial charge on any atom is 0.272 e. The monoisotopic (exact) mass is 404 g/mol. The normalized spacial score (nSPS) is 12.1. The number of amides is 1. The fourth-order valence-electron chi connectivity index (χ4n) is 2.30. The lowest BCUT2D eigenvalue weighted by atomic mass is 10.1. The summed E-state index contributed by atoms with van der Waals surface area (Å²) in [5, 5.41) is 15.0. The van der Waals surface area contributed by atoms with Crippen LogP contribution in [0, 0.1) is 17.0 Å². The van der Waals surface area contributed by atoms with Crippen LogP contribution in [0.5, 0.6) is 0 Å². The molecule has 9 nitrogen and oxygen atoms in total. The van der Waals surface area contributed by atoms with Gasteiger partial charge in [-0.15, -0.1) is 0 Å². The summed E-state index contributed by atoms with van der Waals surface area (Å²) in [4.78, 5) is 22.9. The number of benzene rings is 2. The van der Waals surface area contributed by atoms with Crippen molar-refractivity contribution in [1.82, 2.24) is 9.73 Å². The molecule has 0 radical (unpaired) electrons. The van der Waals surface area contributed by atoms with E-state index in [-0.39, 0.29) is 16.1 Å². The van der Waals surface area contributed by atoms with Gasteiger partial charge in [-0.3, -0.25) is 14.9 Å². The molecule has 2 aromatic carbocycles. The average Bonchev–Trinajstić information content (AvgIpc) is 2.65. The van der Waals surface area contributed by atoms with Gasteiger partial charge < -0.3 is 0 Å². The Balaban J connectivity index is 2.24. The molecule has 28 heavy (non-hydrogen) atoms. The third-order valence-electron chi connectivity index (χ3n) is 4.02. The fraction of sp³-hybridized carbons (Fsp3) is 0.222. The molecule has 2 aromatic rings. The number of carbonyl (C=O) groups is 1. The number of nitrogens with one attached hydrogen (secondary N) is 1. The molecule has 10 heteroatoms. The molecule has 0 atom stereocenters. The second kappa shape index (κ2) is 8.28. The molecule has 148 valence electrons. The molecule has 0 bridgehead atoms. The number of hydrogen-bond donors (Lipinski definition) is 1. The summed E-state index contributed by atoms with van der Waals surface area (Å²) < 4.78 is 25.4. The second-order valence-corrected chi connectivity index (χ2v) is 8.36. The molecule has 0 spiro atoms. The molecule has 0 fully saturated rings. The summed E-state index contributed by atoms with van der Waals surface area (Å²) >= 11 is 0. The SMILES string of the molecule is C/C(=N/NC(=O)c1cccc(S(=O)(=O)N(C)C)c1)c1ccc(C)c([N+](=O)[O-])c1. The molecule has 0 saturated carbocycles. The Labute approximate surface area is 162 Å². The predicted molar refractivity (Wildman–Crippen MR) is 105 cm³/mol. The van der Waals surface area contributed by atoms with Crippen LogP contribution in [0.25, 0.3) is 0 Å². The summed E-state index contributed by atoms with van der Waals surface area (Å²) in [5.41, 5.74) is 3.79. The Kier molecular flexibility index (Phi) is 6.26. The number of aryl methyl sites for hydroxylation is 1. The summed E-state index contributed by atoms with van der Waals surface area (Å²) in [6, 6.07) is 10.2. The molecular formula is C18H20N4O5S. The minimum absolute atomic E-state index is 0.0139. The van der Waals surface area contributed by atoms with Gasteiger partial charge >= 0.3 is 0 Å². The highest BCUT2D eigenvalue weighted by atomic mass is 32.2. The first-order valence-electron chi connectivity index (χ1n) is 8.16. The standard InChI is InChI=1S/C18H20N4O5S/c1-12-8-9-14(11-17(12)22(24)25)13(2)19-20-18(23)15-6-5-7-16(10-15)28(26,27)21(3)4/h5-11H,1-4H3,(H,20,23)/b19-13-. The zero-order valence-corrected chi connectivity index (χ0v) is 16.6. The van der Waals surface area contributed by atoms with Crippen molar-refractivity contribution in [2.75, 3.05) is 14.1 Å². The Morgan fingerprint density at radius 2 is 1.82 bits per heavy atom. The Morgan fingerprint density at radius 3 is 2.43 bits per heavy atom. The second-order valence-electron chi connectivity index (χ2n) is 6.21. The third kappa shape index (κ3) is 4.59. The first-order valence-corrected chi connectivity index (χ1v) is 9.60. The molecule has 0 aromatic heterocycles. The average molecular weight is 404 g/mol. The van der Waals surface area contributed by atoms with Gasteiger partial charge in [0.25, 0.3) is 11.6 Å². The van der Waals surface area contributed by atoms with E-state index in [2.05, 4.69) is 10.5 Å². The Hall–Kier alpha value is -3.11. The van der Waals surface area contributed by atoms with E-state index in [9.17, 15) is 23.3 Å². The largest absolute Gasteiger partial charge is 0.272 e. The van der Waals surface area contributed by atoms with Crippen molar-refractivity contribution >= 4 is 27.3 Å². The minimum Gasteiger partial charge on any atom is -0.267 e. The zero-order chi connectivity index (χ0) is 21.1. The summed E-state index contributed by atoms with van der Waals surface area (Å²) in [5.74, 6) is -0.600. The van der Waals surface area contributed by atoms with E-state index in [1.165, 1.54) is 44.4 Å². The highest BCUT2D eigenvalue weighted by molar-refractivity contribution is 7.89. The summed E-state index contributed by atoms with van der Waals surface area (Å²) in [6.45, 7) is 3.23. The van der Waals surface area contributed by atoms with Gasteiger partial charge in [0, 0.05) is 36.9 Å². The van der Waals surface area contributed by atoms with E-state index in [0.717, 1.165) is 4.31 Å². The van der Waals surface area contributed by atoms with Crippen LogP contribution in [0.15, 0.2) is 52.5 Å². The van der Waals surface area contributed by atoms with E-state index >= 15 is 0 Å². The lowest BCUT2D eigenvalue weighted by Gasteiger charge is -2.12. The highest BCUT2D eigenvalue weighted by Gasteiger charge is 2.19. The van der Waals surface area contributed by atoms with E-state index in [1.54, 1.807) is 26.0 Å². The van der Waals surface area contributed by atoms with Gasteiger partial charge in [0.05, 0.1) is 15.5 Å². The number of hydrogen-bond acceptors (Lipinski definition) is 6. The number of carbonyl (C=O) groups excluding carboxylic acids is 1. The van der Waals surface area contributed by atoms with Crippen LogP contribution >= 0.6 is 0 Å². The third-order valence-corrected chi connectivity index (χ3v) is 5.83.